The van der Waals surface area contributed by atoms with Crippen molar-refractivity contribution >= 4 is 0 Å². The maximum atomic E-state index is 6.01. The second-order valence-electron chi connectivity index (χ2n) is 5.21. The van der Waals surface area contributed by atoms with Crippen molar-refractivity contribution in [2.75, 3.05) is 26.8 Å². The summed E-state index contributed by atoms with van der Waals surface area (Å²) < 4.78 is 10.9. The molecule has 1 saturated heterocycles. The number of rotatable bonds is 5. The van der Waals surface area contributed by atoms with Crippen molar-refractivity contribution in [1.29, 1.82) is 0 Å². The number of ether oxygens (including phenoxy) is 2. The lowest BCUT2D eigenvalue weighted by Gasteiger charge is -2.36. The molecule has 4 nitrogen and oxygen atoms in total. The van der Waals surface area contributed by atoms with Crippen LogP contribution in [0.3, 0.4) is 0 Å². The van der Waals surface area contributed by atoms with Gasteiger partial charge < -0.3 is 15.2 Å². The minimum Gasteiger partial charge on any atom is -0.497 e. The third-order valence-corrected chi connectivity index (χ3v) is 3.75. The van der Waals surface area contributed by atoms with Gasteiger partial charge in [0.05, 0.1) is 7.11 Å². The van der Waals surface area contributed by atoms with Crippen molar-refractivity contribution in [3.8, 4) is 11.5 Å². The molecule has 0 radical (unpaired) electrons. The summed E-state index contributed by atoms with van der Waals surface area (Å²) in [6.07, 6.45) is 2.32. The highest BCUT2D eigenvalue weighted by Gasteiger charge is 2.22. The Kier molecular flexibility index (Phi) is 5.05. The number of hydrogen-bond acceptors (Lipinski definition) is 4. The Hall–Kier alpha value is -1.26. The normalized spacial score (nSPS) is 24.2. The number of benzene rings is 1. The molecule has 0 saturated carbocycles. The van der Waals surface area contributed by atoms with E-state index in [-0.39, 0.29) is 0 Å². The molecular weight excluding hydrogens is 240 g/mol. The first-order valence-corrected chi connectivity index (χ1v) is 6.95. The summed E-state index contributed by atoms with van der Waals surface area (Å²) in [7, 11) is 1.66. The molecule has 106 valence electrons. The Bertz CT molecular complexity index is 380. The first-order valence-electron chi connectivity index (χ1n) is 6.95. The number of methoxy groups -OCH3 is 1. The van der Waals surface area contributed by atoms with Crippen LogP contribution in [0.5, 0.6) is 11.5 Å². The molecule has 2 rings (SSSR count). The van der Waals surface area contributed by atoms with Gasteiger partial charge in [-0.1, -0.05) is 0 Å². The Morgan fingerprint density at radius 2 is 1.89 bits per heavy atom. The van der Waals surface area contributed by atoms with Gasteiger partial charge in [0.1, 0.15) is 18.1 Å². The van der Waals surface area contributed by atoms with Gasteiger partial charge in [-0.05, 0) is 44.0 Å². The molecule has 0 aliphatic carbocycles. The molecule has 19 heavy (non-hydrogen) atoms. The van der Waals surface area contributed by atoms with Crippen LogP contribution in [0.15, 0.2) is 24.3 Å². The largest absolute Gasteiger partial charge is 0.497 e. The van der Waals surface area contributed by atoms with E-state index in [1.165, 1.54) is 6.42 Å². The molecule has 0 aromatic heterocycles. The summed E-state index contributed by atoms with van der Waals surface area (Å²) in [4.78, 5) is 2.41. The van der Waals surface area contributed by atoms with Gasteiger partial charge in [-0.3, -0.25) is 4.90 Å². The molecule has 1 aromatic carbocycles. The number of hydrogen-bond donors (Lipinski definition) is 1. The van der Waals surface area contributed by atoms with Crippen LogP contribution in [0.25, 0.3) is 0 Å². The van der Waals surface area contributed by atoms with Crippen LogP contribution in [-0.2, 0) is 0 Å². The van der Waals surface area contributed by atoms with Crippen molar-refractivity contribution in [3.63, 3.8) is 0 Å². The fourth-order valence-electron chi connectivity index (χ4n) is 2.47. The van der Waals surface area contributed by atoms with Crippen LogP contribution in [0.1, 0.15) is 19.8 Å². The van der Waals surface area contributed by atoms with Gasteiger partial charge in [0, 0.05) is 25.2 Å². The van der Waals surface area contributed by atoms with Crippen molar-refractivity contribution < 1.29 is 9.47 Å². The molecule has 1 aliphatic heterocycles. The molecule has 2 unspecified atom stereocenters. The smallest absolute Gasteiger partial charge is 0.119 e. The van der Waals surface area contributed by atoms with Crippen LogP contribution in [0, 0.1) is 0 Å². The van der Waals surface area contributed by atoms with Crippen LogP contribution in [0.2, 0.25) is 0 Å². The lowest BCUT2D eigenvalue weighted by Crippen LogP contribution is -2.48. The topological polar surface area (TPSA) is 47.7 Å². The van der Waals surface area contributed by atoms with E-state index in [9.17, 15) is 0 Å². The maximum Gasteiger partial charge on any atom is 0.119 e. The highest BCUT2D eigenvalue weighted by Crippen LogP contribution is 2.18. The third kappa shape index (κ3) is 4.11. The number of likely N-dealkylation sites (tertiary alicyclic amines) is 1. The van der Waals surface area contributed by atoms with E-state index in [4.69, 9.17) is 15.2 Å². The van der Waals surface area contributed by atoms with E-state index in [1.807, 2.05) is 24.3 Å². The fraction of sp³-hybridized carbons (Fsp3) is 0.600. The summed E-state index contributed by atoms with van der Waals surface area (Å²) >= 11 is 0. The van der Waals surface area contributed by atoms with Gasteiger partial charge in [-0.25, -0.2) is 0 Å². The van der Waals surface area contributed by atoms with E-state index in [0.717, 1.165) is 31.0 Å². The molecular formula is C15H24N2O2. The van der Waals surface area contributed by atoms with Crippen molar-refractivity contribution in [1.82, 2.24) is 4.90 Å². The SMILES string of the molecule is COc1ccc(OCCN2CC(N)CCC2C)cc1. The fourth-order valence-corrected chi connectivity index (χ4v) is 2.47. The average molecular weight is 264 g/mol. The van der Waals surface area contributed by atoms with Gasteiger partial charge in [-0.2, -0.15) is 0 Å². The lowest BCUT2D eigenvalue weighted by molar-refractivity contribution is 0.122. The molecule has 1 fully saturated rings. The quantitative estimate of drug-likeness (QED) is 0.882. The van der Waals surface area contributed by atoms with Gasteiger partial charge in [0.2, 0.25) is 0 Å². The summed E-state index contributed by atoms with van der Waals surface area (Å²) in [5.74, 6) is 1.73. The summed E-state index contributed by atoms with van der Waals surface area (Å²) in [5, 5.41) is 0. The minimum atomic E-state index is 0.317. The Morgan fingerprint density at radius 3 is 2.58 bits per heavy atom. The van der Waals surface area contributed by atoms with Gasteiger partial charge in [0.15, 0.2) is 0 Å². The van der Waals surface area contributed by atoms with Gasteiger partial charge in [-0.15, -0.1) is 0 Å². The molecule has 2 atom stereocenters. The highest BCUT2D eigenvalue weighted by molar-refractivity contribution is 5.31. The standard InChI is InChI=1S/C15H24N2O2/c1-12-3-4-13(16)11-17(12)9-10-19-15-7-5-14(18-2)6-8-15/h5-8,12-13H,3-4,9-11,16H2,1-2H3. The van der Waals surface area contributed by atoms with Crippen LogP contribution in [-0.4, -0.2) is 43.8 Å². The molecule has 2 N–H and O–H groups in total. The Balaban J connectivity index is 1.75. The van der Waals surface area contributed by atoms with Crippen molar-refractivity contribution in [3.05, 3.63) is 24.3 Å². The second kappa shape index (κ2) is 6.78. The van der Waals surface area contributed by atoms with Gasteiger partial charge >= 0.3 is 0 Å². The van der Waals surface area contributed by atoms with Crippen LogP contribution >= 0.6 is 0 Å². The van der Waals surface area contributed by atoms with Crippen LogP contribution in [0.4, 0.5) is 0 Å². The molecule has 0 bridgehead atoms. The molecule has 1 aromatic rings. The zero-order chi connectivity index (χ0) is 13.7. The number of nitrogens with zero attached hydrogens (tertiary/aromatic N) is 1. The zero-order valence-electron chi connectivity index (χ0n) is 11.8. The van der Waals surface area contributed by atoms with E-state index >= 15 is 0 Å². The number of nitrogens with two attached hydrogens (primary N) is 1. The number of piperidine rings is 1. The lowest BCUT2D eigenvalue weighted by atomic mass is 10.0. The second-order valence-corrected chi connectivity index (χ2v) is 5.21. The highest BCUT2D eigenvalue weighted by atomic mass is 16.5. The predicted octanol–water partition coefficient (Wildman–Crippen LogP) is 1.89. The maximum absolute atomic E-state index is 6.01. The predicted molar refractivity (Wildman–Crippen MR) is 76.7 cm³/mol. The average Bonchev–Trinajstić information content (AvgIpc) is 2.43. The van der Waals surface area contributed by atoms with E-state index in [1.54, 1.807) is 7.11 Å². The summed E-state index contributed by atoms with van der Waals surface area (Å²) in [6, 6.07) is 8.62. The van der Waals surface area contributed by atoms with Crippen molar-refractivity contribution in [2.45, 2.75) is 31.8 Å². The zero-order valence-corrected chi connectivity index (χ0v) is 11.8. The molecule has 0 spiro atoms. The van der Waals surface area contributed by atoms with E-state index < -0.39 is 0 Å². The van der Waals surface area contributed by atoms with E-state index in [0.29, 0.717) is 18.7 Å². The molecule has 1 aliphatic rings. The molecule has 0 amide bonds. The monoisotopic (exact) mass is 264 g/mol. The third-order valence-electron chi connectivity index (χ3n) is 3.75. The summed E-state index contributed by atoms with van der Waals surface area (Å²) in [5.41, 5.74) is 6.01. The summed E-state index contributed by atoms with van der Waals surface area (Å²) in [6.45, 7) is 4.87. The van der Waals surface area contributed by atoms with Gasteiger partial charge in [0.25, 0.3) is 0 Å². The molecule has 1 heterocycles. The Morgan fingerprint density at radius 1 is 1.21 bits per heavy atom. The first kappa shape index (κ1) is 14.2. The first-order chi connectivity index (χ1) is 9.19. The van der Waals surface area contributed by atoms with Crippen LogP contribution < -0.4 is 15.2 Å². The Labute approximate surface area is 115 Å². The minimum absolute atomic E-state index is 0.317. The van der Waals surface area contributed by atoms with Crippen molar-refractivity contribution in [2.24, 2.45) is 5.73 Å². The molecule has 4 heteroatoms. The van der Waals surface area contributed by atoms with E-state index in [2.05, 4.69) is 11.8 Å².